The fraction of sp³-hybridized carbons (Fsp3) is 0.656. The molecule has 9 N–H and O–H groups in total. The van der Waals surface area contributed by atoms with Gasteiger partial charge in [-0.3, -0.25) is 19.2 Å². The van der Waals surface area contributed by atoms with Crippen molar-refractivity contribution in [3.05, 3.63) is 107 Å². The molecule has 3 aromatic heterocycles. The van der Waals surface area contributed by atoms with Gasteiger partial charge in [0.1, 0.15) is 53.8 Å². The molecule has 2 saturated heterocycles. The molecule has 16 atom stereocenters. The third-order valence-corrected chi connectivity index (χ3v) is 24.6. The van der Waals surface area contributed by atoms with Crippen LogP contribution in [0.2, 0.25) is 0 Å². The number of Topliss-reactive ketones (excluding diaryl/α,β-unsaturated/α-hetero) is 2. The Kier molecular flexibility index (Phi) is 40.7. The number of ether oxygens (including phenoxy) is 13. The van der Waals surface area contributed by atoms with Crippen LogP contribution in [0, 0.1) is 29.6 Å². The molecule has 35 nitrogen and oxygen atoms in total. The second-order valence-corrected chi connectivity index (χ2v) is 34.4. The predicted molar refractivity (Wildman–Crippen MR) is 475 cm³/mol. The van der Waals surface area contributed by atoms with Crippen molar-refractivity contribution >= 4 is 69.4 Å². The molecule has 3 fully saturated rings. The maximum absolute atomic E-state index is 14.7. The zero-order valence-corrected chi connectivity index (χ0v) is 76.1. The smallest absolute Gasteiger partial charge is 0.407 e. The second kappa shape index (κ2) is 51.3. The molecule has 1 aliphatic carbocycles. The number of nitrogens with zero attached hydrogens (tertiary/aromatic N) is 8. The molecule has 35 heteroatoms. The molecule has 2 bridgehead atoms. The van der Waals surface area contributed by atoms with E-state index in [1.165, 1.54) is 12.7 Å². The van der Waals surface area contributed by atoms with Gasteiger partial charge in [-0.1, -0.05) is 82.4 Å². The van der Waals surface area contributed by atoms with Crippen LogP contribution in [0.1, 0.15) is 142 Å². The molecule has 10 rings (SSSR count). The number of alkyl carbamates (subject to hydrolysis) is 1. The number of esters is 1. The first-order valence-electron chi connectivity index (χ1n) is 45.2. The lowest BCUT2D eigenvalue weighted by Gasteiger charge is -2.42. The normalized spacial score (nSPS) is 27.4. The number of oxazole rings is 1. The summed E-state index contributed by atoms with van der Waals surface area (Å²) in [5.74, 6) is -7.69. The van der Waals surface area contributed by atoms with Gasteiger partial charge in [-0.2, -0.15) is 10.1 Å². The number of nitrogen functional groups attached to an aromatic ring is 1. The van der Waals surface area contributed by atoms with E-state index in [-0.39, 0.29) is 87.7 Å². The highest BCUT2D eigenvalue weighted by Gasteiger charge is 2.53. The molecule has 7 heterocycles. The van der Waals surface area contributed by atoms with Gasteiger partial charge in [0.25, 0.3) is 17.7 Å². The predicted octanol–water partition coefficient (Wildman–Crippen LogP) is 7.50. The first kappa shape index (κ1) is 102. The lowest BCUT2D eigenvalue weighted by Crippen LogP contribution is -2.61. The van der Waals surface area contributed by atoms with Crippen molar-refractivity contribution in [1.82, 2.24) is 39.8 Å². The van der Waals surface area contributed by atoms with E-state index in [0.29, 0.717) is 180 Å². The lowest BCUT2D eigenvalue weighted by atomic mass is 9.80. The Balaban J connectivity index is 0.549. The molecule has 0 unspecified atom stereocenters. The van der Waals surface area contributed by atoms with Crippen LogP contribution in [0.5, 0.6) is 0 Å². The van der Waals surface area contributed by atoms with Gasteiger partial charge in [-0.25, -0.2) is 24.2 Å². The molecule has 5 aliphatic rings. The number of rotatable bonds is 37. The number of aliphatic hydroxyl groups is 4. The number of fused-ring (bicyclic) bond motifs is 6. The number of aliphatic hydroxyl groups excluding tert-OH is 3. The van der Waals surface area contributed by atoms with Gasteiger partial charge in [-0.15, -0.1) is 0 Å². The molecular weight excluding hydrogens is 1660 g/mol. The maximum Gasteiger partial charge on any atom is 0.407 e. The maximum atomic E-state index is 14.7. The molecule has 128 heavy (non-hydrogen) atoms. The number of nitrogens with two attached hydrogens (primary N) is 2. The molecule has 3 amide bonds. The Morgan fingerprint density at radius 2 is 1.38 bits per heavy atom. The fourth-order valence-corrected chi connectivity index (χ4v) is 17.1. The standard InChI is InChI=1S/C93H137N11O24/c1-59-16-12-11-13-17-60(2)77(115-9)54-70-24-19-64(6)93(114,128-70)86(110)89(111)103-30-15-14-18-73(103)90(112)125-78(55-74(105)61(3)49-63(5)84(108)85(109)83(107)62(4)48-59)71(94)51-65-21-25-76(79(52-65)116-10)127-92(113)96-29-33-118-35-37-120-39-41-122-43-45-124-47-46-123-44-42-121-40-38-119-36-34-117-32-28-80(106)102-31-27-67-50-66(20-22-69(67)57-102)56-104-88-81(87(101(7)8)97-58-98-88)82(100-104)68-23-26-75-72(53-68)99-91(95)126-75/h11-13,16-17,20,22-23,26,49-50,53,58-59,61-62,64-65,70-71,73-74,76-79,84-85,105,108-109,114H,14-15,18-19,21,24-25,27-48,51-52,54-57,94H2,1-10H3,(H2,95,99)(H,96,113)/b13-11+,16-12+,60-17+,63-49+/t59-,61-,62-,64-,65+,70+,71-,73+,74-,76-,77+,78+,79-,84-,85+,93-/m1/s1. The summed E-state index contributed by atoms with van der Waals surface area (Å²) in [7, 11) is 6.96. The van der Waals surface area contributed by atoms with Gasteiger partial charge in [-0.05, 0) is 142 Å². The summed E-state index contributed by atoms with van der Waals surface area (Å²) in [4.78, 5) is 102. The molecule has 0 radical (unpaired) electrons. The van der Waals surface area contributed by atoms with Gasteiger partial charge in [0.2, 0.25) is 11.7 Å². The quantitative estimate of drug-likeness (QED) is 0.00875. The third-order valence-electron chi connectivity index (χ3n) is 24.6. The van der Waals surface area contributed by atoms with Gasteiger partial charge < -0.3 is 118 Å². The number of piperidine rings is 1. The van der Waals surface area contributed by atoms with E-state index in [1.54, 1.807) is 47.2 Å². The van der Waals surface area contributed by atoms with E-state index in [1.807, 2.05) is 91.0 Å². The average Bonchev–Trinajstić information content (AvgIpc) is 1.60. The number of ketones is 2. The highest BCUT2D eigenvalue weighted by atomic mass is 16.6. The Labute approximate surface area is 750 Å². The number of hydrogen-bond acceptors (Lipinski definition) is 31. The Morgan fingerprint density at radius 3 is 2.05 bits per heavy atom. The van der Waals surface area contributed by atoms with Crippen molar-refractivity contribution in [2.45, 2.75) is 211 Å². The minimum Gasteiger partial charge on any atom is -0.459 e. The van der Waals surface area contributed by atoms with Crippen LogP contribution in [0.25, 0.3) is 33.4 Å². The molecule has 5 aromatic rings. The lowest BCUT2D eigenvalue weighted by molar-refractivity contribution is -0.265. The van der Waals surface area contributed by atoms with E-state index >= 15 is 0 Å². The monoisotopic (exact) mass is 1790 g/mol. The van der Waals surface area contributed by atoms with Crippen molar-refractivity contribution in [1.29, 1.82) is 0 Å². The molecular formula is C93H137N11O24. The van der Waals surface area contributed by atoms with Crippen molar-refractivity contribution < 1.29 is 115 Å². The number of nitrogens with one attached hydrogen (secondary N) is 1. The Morgan fingerprint density at radius 1 is 0.711 bits per heavy atom. The van der Waals surface area contributed by atoms with Crippen molar-refractivity contribution in [2.75, 3.05) is 164 Å². The minimum atomic E-state index is -2.50. The Bertz CT molecular complexity index is 4500. The van der Waals surface area contributed by atoms with E-state index in [2.05, 4.69) is 38.5 Å². The average molecular weight is 1790 g/mol. The number of carbonyl (C=O) groups is 6. The van der Waals surface area contributed by atoms with Crippen LogP contribution in [0.15, 0.2) is 94.7 Å². The summed E-state index contributed by atoms with van der Waals surface area (Å²) < 4.78 is 82.6. The second-order valence-electron chi connectivity index (χ2n) is 34.4. The van der Waals surface area contributed by atoms with Crippen molar-refractivity contribution in [3.63, 3.8) is 0 Å². The number of amides is 3. The number of allylic oxidation sites excluding steroid dienone is 5. The van der Waals surface area contributed by atoms with Crippen molar-refractivity contribution in [3.8, 4) is 11.3 Å². The molecule has 1 saturated carbocycles. The SMILES string of the molecule is CO[C@H]1C[C@@H]2CC[C@@H](C)[C@@](O)(O2)C(=O)C(=O)N2CCCC[C@H]2C(=O)O[C@H]([C@H](N)C[C@@H]2CC[C@@H](OC(=O)NCCOCCOCCOCCOCCOCCOCCOCCOCCC(=O)N3CCc4cc(Cn5nc(-c6ccc7oc(N)nc7c6)c6c(N(C)C)ncnc65)ccc4C3)[C@H](OC)C2)C[C@@H](O)[C@H](C)/C=C(\C)[C@@H](O)[C@@H](O)C(=O)[C@H](C)C[C@H](C)/C=C/C=C/C=C/1C. The van der Waals surface area contributed by atoms with Crippen LogP contribution in [-0.4, -0.2) is 311 Å². The number of hydrogen-bond donors (Lipinski definition) is 7. The Hall–Kier alpha value is -8.60. The highest BCUT2D eigenvalue weighted by Crippen LogP contribution is 2.40. The number of benzene rings is 2. The van der Waals surface area contributed by atoms with Gasteiger partial charge >= 0.3 is 12.1 Å². The molecule has 0 spiro atoms. The first-order valence-corrected chi connectivity index (χ1v) is 45.2. The summed E-state index contributed by atoms with van der Waals surface area (Å²) in [6, 6.07) is 10.0. The van der Waals surface area contributed by atoms with Gasteiger partial charge in [0.05, 0.1) is 148 Å². The first-order chi connectivity index (χ1) is 61.6. The highest BCUT2D eigenvalue weighted by molar-refractivity contribution is 6.39. The van der Waals surface area contributed by atoms with E-state index in [0.717, 1.165) is 50.5 Å². The number of methoxy groups -OCH3 is 2. The zero-order valence-electron chi connectivity index (χ0n) is 76.1. The summed E-state index contributed by atoms with van der Waals surface area (Å²) in [5, 5.41) is 55.2. The largest absolute Gasteiger partial charge is 0.459 e. The minimum absolute atomic E-state index is 0.0154. The summed E-state index contributed by atoms with van der Waals surface area (Å²) in [6.45, 7) is 18.0. The molecule has 2 aromatic carbocycles. The summed E-state index contributed by atoms with van der Waals surface area (Å²) >= 11 is 0. The molecule has 4 aliphatic heterocycles. The van der Waals surface area contributed by atoms with Crippen molar-refractivity contribution in [2.24, 2.45) is 35.3 Å². The number of carbonyl (C=O) groups excluding carboxylic acids is 6. The number of aromatic nitrogens is 5. The van der Waals surface area contributed by atoms with E-state index in [9.17, 15) is 49.2 Å². The number of anilines is 2. The number of cyclic esters (lactones) is 1. The van der Waals surface area contributed by atoms with Crippen LogP contribution in [0.4, 0.5) is 16.6 Å². The van der Waals surface area contributed by atoms with Crippen LogP contribution in [0.3, 0.4) is 0 Å². The summed E-state index contributed by atoms with van der Waals surface area (Å²) in [5.41, 5.74) is 20.9. The van der Waals surface area contributed by atoms with Gasteiger partial charge in [0.15, 0.2) is 17.0 Å². The fourth-order valence-electron chi connectivity index (χ4n) is 17.1. The third kappa shape index (κ3) is 29.5. The van der Waals surface area contributed by atoms with Crippen LogP contribution in [-0.2, 0) is 105 Å². The van der Waals surface area contributed by atoms with E-state index < -0.39 is 114 Å². The van der Waals surface area contributed by atoms with Crippen LogP contribution >= 0.6 is 0 Å². The van der Waals surface area contributed by atoms with Gasteiger partial charge in [0, 0.05) is 96.7 Å². The molecule has 708 valence electrons. The van der Waals surface area contributed by atoms with E-state index in [4.69, 9.17) is 82.6 Å². The van der Waals surface area contributed by atoms with Crippen LogP contribution < -0.4 is 21.7 Å². The zero-order chi connectivity index (χ0) is 91.8. The summed E-state index contributed by atoms with van der Waals surface area (Å²) in [6.07, 6.45) is 8.85. The topological polar surface area (TPSA) is 447 Å².